The average molecular weight is 489 g/mol. The first-order valence-corrected chi connectivity index (χ1v) is 7.81. The Morgan fingerprint density at radius 3 is 1.77 bits per heavy atom. The third-order valence-corrected chi connectivity index (χ3v) is 4.21. The van der Waals surface area contributed by atoms with Gasteiger partial charge in [-0.15, -0.1) is 0 Å². The molecule has 2 rings (SSSR count). The molecule has 0 amide bonds. The van der Waals surface area contributed by atoms with Crippen LogP contribution in [0.4, 0.5) is 49.7 Å². The van der Waals surface area contributed by atoms with Crippen LogP contribution in [-0.4, -0.2) is 21.9 Å². The van der Waals surface area contributed by atoms with E-state index in [9.17, 15) is 43.9 Å². The van der Waals surface area contributed by atoms with Crippen molar-refractivity contribution in [2.45, 2.75) is 24.2 Å². The molecule has 0 aliphatic heterocycles. The molecule has 0 unspecified atom stereocenters. The van der Waals surface area contributed by atoms with Crippen LogP contribution >= 0.6 is 23.2 Å². The number of hydrogen-bond acceptors (Lipinski definition) is 3. The molecule has 1 aromatic carbocycles. The summed E-state index contributed by atoms with van der Waals surface area (Å²) in [7, 11) is 0. The molecule has 2 aromatic rings. The summed E-state index contributed by atoms with van der Waals surface area (Å²) in [5, 5.41) is 9.88. The first-order valence-electron chi connectivity index (χ1n) is 7.06. The Labute approximate surface area is 169 Å². The van der Waals surface area contributed by atoms with Crippen LogP contribution in [0.2, 0.25) is 10.0 Å². The Morgan fingerprint density at radius 1 is 0.933 bits per heavy atom. The summed E-state index contributed by atoms with van der Waals surface area (Å²) in [4.78, 5) is 0. The number of hydrogen-bond donors (Lipinski definition) is 1. The lowest BCUT2D eigenvalue weighted by Crippen LogP contribution is -2.50. The van der Waals surface area contributed by atoms with Crippen molar-refractivity contribution in [2.24, 2.45) is 0 Å². The highest BCUT2D eigenvalue weighted by Crippen LogP contribution is 2.53. The summed E-state index contributed by atoms with van der Waals surface area (Å²) in [6.07, 6.45) is -11.7. The second-order valence-electron chi connectivity index (χ2n) is 5.57. The third kappa shape index (κ3) is 3.60. The second-order valence-corrected chi connectivity index (χ2v) is 6.38. The summed E-state index contributed by atoms with van der Waals surface area (Å²) >= 11 is 11.3. The molecule has 0 saturated carbocycles. The Bertz CT molecular complexity index is 1010. The second kappa shape index (κ2) is 7.09. The molecular weight excluding hydrogens is 485 g/mol. The smallest absolute Gasteiger partial charge is 0.382 e. The van der Waals surface area contributed by atoms with E-state index in [0.29, 0.717) is 0 Å². The molecular formula is C14H4Cl2F10N4. The van der Waals surface area contributed by atoms with Crippen LogP contribution in [0.1, 0.15) is 16.8 Å². The van der Waals surface area contributed by atoms with Gasteiger partial charge in [0.05, 0.1) is 15.6 Å². The molecule has 0 radical (unpaired) electrons. The number of aromatic nitrogens is 2. The van der Waals surface area contributed by atoms with Crippen molar-refractivity contribution in [3.8, 4) is 11.8 Å². The molecule has 16 heteroatoms. The van der Waals surface area contributed by atoms with Crippen molar-refractivity contribution in [1.82, 2.24) is 9.78 Å². The first-order chi connectivity index (χ1) is 13.4. The van der Waals surface area contributed by atoms with Crippen LogP contribution in [0.5, 0.6) is 0 Å². The lowest BCUT2D eigenvalue weighted by molar-refractivity contribution is -0.360. The van der Waals surface area contributed by atoms with E-state index >= 15 is 0 Å². The molecule has 0 aliphatic rings. The van der Waals surface area contributed by atoms with E-state index in [1.807, 2.05) is 0 Å². The molecule has 1 heterocycles. The van der Waals surface area contributed by atoms with E-state index < -0.39 is 62.6 Å². The molecule has 164 valence electrons. The molecule has 0 fully saturated rings. The van der Waals surface area contributed by atoms with Crippen molar-refractivity contribution in [3.05, 3.63) is 39.0 Å². The van der Waals surface area contributed by atoms with Gasteiger partial charge in [0.15, 0.2) is 5.69 Å². The number of nitriles is 1. The van der Waals surface area contributed by atoms with Gasteiger partial charge in [0, 0.05) is 0 Å². The van der Waals surface area contributed by atoms with Gasteiger partial charge >= 0.3 is 24.2 Å². The van der Waals surface area contributed by atoms with Crippen molar-refractivity contribution >= 4 is 29.0 Å². The number of nitrogens with two attached hydrogens (primary N) is 1. The highest BCUT2D eigenvalue weighted by atomic mass is 35.5. The fraction of sp³-hybridized carbons (Fsp3) is 0.286. The van der Waals surface area contributed by atoms with Gasteiger partial charge in [0.1, 0.15) is 23.1 Å². The van der Waals surface area contributed by atoms with Gasteiger partial charge in [-0.25, -0.2) is 4.68 Å². The molecule has 0 atom stereocenters. The van der Waals surface area contributed by atoms with Crippen molar-refractivity contribution in [2.75, 3.05) is 5.73 Å². The highest BCUT2D eigenvalue weighted by molar-refractivity contribution is 6.38. The van der Waals surface area contributed by atoms with Crippen LogP contribution in [0.15, 0.2) is 12.1 Å². The summed E-state index contributed by atoms with van der Waals surface area (Å²) < 4.78 is 130. The minimum atomic E-state index is -6.74. The van der Waals surface area contributed by atoms with E-state index in [-0.39, 0.29) is 16.8 Å². The largest absolute Gasteiger partial charge is 0.460 e. The SMILES string of the molecule is N#Cc1c(C(F)(F)C(F)(F)C(F)(F)F)nn(-c2c(Cl)cc(C(F)(F)F)cc2Cl)c1N. The number of halogens is 12. The van der Waals surface area contributed by atoms with Crippen molar-refractivity contribution in [1.29, 1.82) is 5.26 Å². The molecule has 30 heavy (non-hydrogen) atoms. The standard InChI is InChI=1S/C14H4Cl2F10N4/c15-6-1-4(12(19,20)21)2-7(16)8(6)30-10(28)5(3-27)9(29-30)11(17,18)13(22,23)14(24,25)26/h1-2H,28H2. The molecule has 0 aliphatic carbocycles. The Kier molecular flexibility index (Phi) is 5.64. The molecule has 0 spiro atoms. The van der Waals surface area contributed by atoms with Crippen LogP contribution < -0.4 is 5.73 Å². The van der Waals surface area contributed by atoms with Gasteiger partial charge in [0.25, 0.3) is 0 Å². The van der Waals surface area contributed by atoms with Gasteiger partial charge < -0.3 is 5.73 Å². The number of rotatable bonds is 3. The molecule has 1 aromatic heterocycles. The quantitative estimate of drug-likeness (QED) is 0.543. The lowest BCUT2D eigenvalue weighted by atomic mass is 10.0. The summed E-state index contributed by atoms with van der Waals surface area (Å²) in [6, 6.07) is 1.40. The summed E-state index contributed by atoms with van der Waals surface area (Å²) in [6.45, 7) is 0. The maximum Gasteiger partial charge on any atom is 0.460 e. The zero-order valence-corrected chi connectivity index (χ0v) is 15.1. The topological polar surface area (TPSA) is 67.6 Å². The van der Waals surface area contributed by atoms with Crippen molar-refractivity contribution < 1.29 is 43.9 Å². The van der Waals surface area contributed by atoms with E-state index in [4.69, 9.17) is 34.2 Å². The number of benzene rings is 1. The van der Waals surface area contributed by atoms with E-state index in [2.05, 4.69) is 5.10 Å². The van der Waals surface area contributed by atoms with E-state index in [0.717, 1.165) is 6.07 Å². The van der Waals surface area contributed by atoms with Gasteiger partial charge in [-0.2, -0.15) is 54.3 Å². The van der Waals surface area contributed by atoms with E-state index in [1.165, 1.54) is 0 Å². The van der Waals surface area contributed by atoms with Gasteiger partial charge in [-0.1, -0.05) is 23.2 Å². The normalized spacial score (nSPS) is 13.4. The Morgan fingerprint density at radius 2 is 1.40 bits per heavy atom. The molecule has 0 bridgehead atoms. The minimum absolute atomic E-state index is 0.0287. The fourth-order valence-electron chi connectivity index (χ4n) is 2.19. The van der Waals surface area contributed by atoms with Crippen molar-refractivity contribution in [3.63, 3.8) is 0 Å². The predicted octanol–water partition coefficient (Wildman–Crippen LogP) is 5.94. The Hall–Kier alpha value is -2.40. The zero-order valence-electron chi connectivity index (χ0n) is 13.6. The van der Waals surface area contributed by atoms with Crippen LogP contribution in [0.25, 0.3) is 5.69 Å². The van der Waals surface area contributed by atoms with Crippen LogP contribution in [0.3, 0.4) is 0 Å². The number of alkyl halides is 10. The Balaban J connectivity index is 2.81. The van der Waals surface area contributed by atoms with Crippen LogP contribution in [0, 0.1) is 11.3 Å². The first kappa shape index (κ1) is 23.9. The number of anilines is 1. The maximum absolute atomic E-state index is 14.0. The van der Waals surface area contributed by atoms with Crippen LogP contribution in [-0.2, 0) is 12.1 Å². The molecule has 4 nitrogen and oxygen atoms in total. The summed E-state index contributed by atoms with van der Waals surface area (Å²) in [5.74, 6) is -14.0. The third-order valence-electron chi connectivity index (χ3n) is 3.64. The maximum atomic E-state index is 14.0. The molecule has 0 saturated heterocycles. The van der Waals surface area contributed by atoms with Gasteiger partial charge in [-0.05, 0) is 12.1 Å². The highest BCUT2D eigenvalue weighted by Gasteiger charge is 2.75. The van der Waals surface area contributed by atoms with Gasteiger partial charge in [-0.3, -0.25) is 0 Å². The lowest BCUT2D eigenvalue weighted by Gasteiger charge is -2.26. The number of nitrogen functional groups attached to an aromatic ring is 1. The summed E-state index contributed by atoms with van der Waals surface area (Å²) in [5.41, 5.74) is -0.893. The fourth-order valence-corrected chi connectivity index (χ4v) is 2.84. The average Bonchev–Trinajstić information content (AvgIpc) is 2.89. The predicted molar refractivity (Wildman–Crippen MR) is 82.6 cm³/mol. The zero-order chi connectivity index (χ0) is 23.4. The van der Waals surface area contributed by atoms with Gasteiger partial charge in [0.2, 0.25) is 0 Å². The number of nitrogens with zero attached hydrogens (tertiary/aromatic N) is 3. The molecule has 2 N–H and O–H groups in total. The minimum Gasteiger partial charge on any atom is -0.382 e. The van der Waals surface area contributed by atoms with E-state index in [1.54, 1.807) is 0 Å². The monoisotopic (exact) mass is 488 g/mol.